The van der Waals surface area contributed by atoms with Crippen LogP contribution >= 0.6 is 7.82 Å². The van der Waals surface area contributed by atoms with Gasteiger partial charge in [0.25, 0.3) is 0 Å². The molecule has 3 atom stereocenters. The molecular formula is C45H90N2O6P+. The fraction of sp³-hybridized carbons (Fsp3) is 0.889. The highest BCUT2D eigenvalue weighted by Crippen LogP contribution is 2.43. The van der Waals surface area contributed by atoms with Crippen molar-refractivity contribution in [2.45, 2.75) is 219 Å². The molecule has 0 heterocycles. The summed E-state index contributed by atoms with van der Waals surface area (Å²) >= 11 is 0. The number of amides is 1. The van der Waals surface area contributed by atoms with Gasteiger partial charge in [0, 0.05) is 6.42 Å². The molecule has 0 aromatic carbocycles. The number of unbranched alkanes of at least 4 members (excludes halogenated alkanes) is 26. The van der Waals surface area contributed by atoms with Gasteiger partial charge in [-0.3, -0.25) is 13.8 Å². The summed E-state index contributed by atoms with van der Waals surface area (Å²) < 4.78 is 23.5. The van der Waals surface area contributed by atoms with Gasteiger partial charge in [-0.25, -0.2) is 4.57 Å². The number of phosphoric acid groups is 1. The van der Waals surface area contributed by atoms with Crippen LogP contribution in [0.25, 0.3) is 0 Å². The van der Waals surface area contributed by atoms with Gasteiger partial charge in [0.05, 0.1) is 39.9 Å². The fourth-order valence-corrected chi connectivity index (χ4v) is 7.26. The maximum absolute atomic E-state index is 12.8. The molecule has 0 aromatic heterocycles. The van der Waals surface area contributed by atoms with Gasteiger partial charge in [-0.05, 0) is 32.1 Å². The highest BCUT2D eigenvalue weighted by Gasteiger charge is 2.27. The van der Waals surface area contributed by atoms with Crippen molar-refractivity contribution in [3.63, 3.8) is 0 Å². The molecule has 1 amide bonds. The molecule has 0 aliphatic rings. The molecule has 0 bridgehead atoms. The van der Waals surface area contributed by atoms with E-state index in [1.54, 1.807) is 6.08 Å². The first-order chi connectivity index (χ1) is 26.0. The van der Waals surface area contributed by atoms with Crippen LogP contribution in [0.2, 0.25) is 0 Å². The largest absolute Gasteiger partial charge is 0.472 e. The van der Waals surface area contributed by atoms with Crippen LogP contribution in [0.5, 0.6) is 0 Å². The Morgan fingerprint density at radius 1 is 0.611 bits per heavy atom. The third-order valence-electron chi connectivity index (χ3n) is 10.2. The number of aliphatic hydroxyl groups excluding tert-OH is 1. The number of aliphatic hydroxyl groups is 1. The summed E-state index contributed by atoms with van der Waals surface area (Å²) in [6.45, 7) is 4.78. The molecule has 0 rings (SSSR count). The van der Waals surface area contributed by atoms with Crippen molar-refractivity contribution in [1.82, 2.24) is 5.32 Å². The Bertz CT molecular complexity index is 938. The summed E-state index contributed by atoms with van der Waals surface area (Å²) in [6, 6.07) is -0.857. The van der Waals surface area contributed by atoms with Gasteiger partial charge in [0.15, 0.2) is 0 Å². The Balaban J connectivity index is 4.35. The van der Waals surface area contributed by atoms with E-state index in [2.05, 4.69) is 31.3 Å². The van der Waals surface area contributed by atoms with Crippen LogP contribution in [-0.4, -0.2) is 73.4 Å². The molecule has 54 heavy (non-hydrogen) atoms. The lowest BCUT2D eigenvalue weighted by Crippen LogP contribution is -2.45. The van der Waals surface area contributed by atoms with Gasteiger partial charge in [0.2, 0.25) is 5.91 Å². The molecule has 0 saturated heterocycles. The lowest BCUT2D eigenvalue weighted by atomic mass is 10.0. The van der Waals surface area contributed by atoms with Crippen LogP contribution < -0.4 is 5.32 Å². The first-order valence-electron chi connectivity index (χ1n) is 22.7. The van der Waals surface area contributed by atoms with E-state index in [0.717, 1.165) is 38.5 Å². The number of phosphoric ester groups is 1. The molecule has 9 heteroatoms. The molecule has 0 fully saturated rings. The van der Waals surface area contributed by atoms with E-state index < -0.39 is 20.0 Å². The lowest BCUT2D eigenvalue weighted by Gasteiger charge is -2.25. The van der Waals surface area contributed by atoms with E-state index in [9.17, 15) is 19.4 Å². The summed E-state index contributed by atoms with van der Waals surface area (Å²) in [5.74, 6) is -0.189. The van der Waals surface area contributed by atoms with Gasteiger partial charge < -0.3 is 19.8 Å². The van der Waals surface area contributed by atoms with E-state index in [-0.39, 0.29) is 19.1 Å². The zero-order valence-electron chi connectivity index (χ0n) is 36.2. The minimum atomic E-state index is -4.34. The normalized spacial score (nSPS) is 14.6. The Morgan fingerprint density at radius 3 is 1.48 bits per heavy atom. The maximum Gasteiger partial charge on any atom is 0.472 e. The number of carbonyl (C=O) groups is 1. The SMILES string of the molecule is CCCCCCCCCCCCCCCCCC/C=C/CC/C=C/C(O)C(COP(=O)(O)OCC[N+](C)(C)C)NC(=O)CCCCCCCCCCCC. The Labute approximate surface area is 334 Å². The van der Waals surface area contributed by atoms with E-state index in [1.807, 2.05) is 27.2 Å². The van der Waals surface area contributed by atoms with E-state index in [0.29, 0.717) is 17.4 Å². The first kappa shape index (κ1) is 53.0. The fourth-order valence-electron chi connectivity index (χ4n) is 6.53. The second-order valence-corrected chi connectivity index (χ2v) is 18.2. The van der Waals surface area contributed by atoms with E-state index in [1.165, 1.54) is 148 Å². The van der Waals surface area contributed by atoms with Gasteiger partial charge >= 0.3 is 7.82 Å². The van der Waals surface area contributed by atoms with Crippen molar-refractivity contribution in [3.8, 4) is 0 Å². The zero-order chi connectivity index (χ0) is 40.0. The topological polar surface area (TPSA) is 105 Å². The van der Waals surface area contributed by atoms with E-state index in [4.69, 9.17) is 9.05 Å². The standard InChI is InChI=1S/C45H89N2O6P/c1-6-8-10-12-14-16-18-19-20-21-22-23-24-25-26-27-28-29-30-32-34-36-38-44(48)43(42-53-54(50,51)52-41-40-47(3,4)5)46-45(49)39-37-35-33-31-17-15-13-11-9-7-2/h29-30,36,38,43-44,48H,6-28,31-35,37,39-42H2,1-5H3,(H-,46,49,50,51)/p+1/b30-29+,38-36+. The van der Waals surface area contributed by atoms with Gasteiger partial charge in [-0.2, -0.15) is 0 Å². The predicted molar refractivity (Wildman–Crippen MR) is 231 cm³/mol. The van der Waals surface area contributed by atoms with Gasteiger partial charge in [-0.15, -0.1) is 0 Å². The number of nitrogens with zero attached hydrogens (tertiary/aromatic N) is 1. The van der Waals surface area contributed by atoms with Crippen molar-refractivity contribution < 1.29 is 32.9 Å². The third kappa shape index (κ3) is 39.2. The Kier molecular flexibility index (Phi) is 36.8. The van der Waals surface area contributed by atoms with Crippen molar-refractivity contribution in [3.05, 3.63) is 24.3 Å². The van der Waals surface area contributed by atoms with Crippen LogP contribution in [-0.2, 0) is 18.4 Å². The van der Waals surface area contributed by atoms with Crippen molar-refractivity contribution in [2.24, 2.45) is 0 Å². The molecule has 0 aliphatic carbocycles. The maximum atomic E-state index is 12.8. The highest BCUT2D eigenvalue weighted by molar-refractivity contribution is 7.47. The number of hydrogen-bond donors (Lipinski definition) is 3. The average Bonchev–Trinajstić information content (AvgIpc) is 3.12. The van der Waals surface area contributed by atoms with Crippen LogP contribution in [0, 0.1) is 0 Å². The number of hydrogen-bond acceptors (Lipinski definition) is 5. The molecular weight excluding hydrogens is 695 g/mol. The summed E-state index contributed by atoms with van der Waals surface area (Å²) in [5, 5.41) is 13.8. The summed E-state index contributed by atoms with van der Waals surface area (Å²) in [6.07, 6.45) is 44.0. The number of allylic oxidation sites excluding steroid dienone is 3. The number of quaternary nitrogens is 1. The van der Waals surface area contributed by atoms with E-state index >= 15 is 0 Å². The summed E-state index contributed by atoms with van der Waals surface area (Å²) in [5.41, 5.74) is 0. The van der Waals surface area contributed by atoms with Gasteiger partial charge in [-0.1, -0.05) is 192 Å². The minimum Gasteiger partial charge on any atom is -0.387 e. The Hall–Kier alpha value is -1.02. The second-order valence-electron chi connectivity index (χ2n) is 16.8. The monoisotopic (exact) mass is 786 g/mol. The summed E-state index contributed by atoms with van der Waals surface area (Å²) in [7, 11) is 1.56. The van der Waals surface area contributed by atoms with Gasteiger partial charge in [0.1, 0.15) is 13.2 Å². The number of rotatable bonds is 41. The predicted octanol–water partition coefficient (Wildman–Crippen LogP) is 12.5. The van der Waals surface area contributed by atoms with Crippen molar-refractivity contribution >= 4 is 13.7 Å². The smallest absolute Gasteiger partial charge is 0.387 e. The number of nitrogens with one attached hydrogen (secondary N) is 1. The molecule has 320 valence electrons. The van der Waals surface area contributed by atoms with Crippen LogP contribution in [0.3, 0.4) is 0 Å². The molecule has 0 radical (unpaired) electrons. The van der Waals surface area contributed by atoms with Crippen LogP contribution in [0.4, 0.5) is 0 Å². The molecule has 0 aliphatic heterocycles. The lowest BCUT2D eigenvalue weighted by molar-refractivity contribution is -0.870. The first-order valence-corrected chi connectivity index (χ1v) is 24.2. The minimum absolute atomic E-state index is 0.0580. The third-order valence-corrected chi connectivity index (χ3v) is 11.2. The average molecular weight is 786 g/mol. The second kappa shape index (κ2) is 37.6. The molecule has 0 aromatic rings. The quantitative estimate of drug-likeness (QED) is 0.0247. The number of likely N-dealkylation sites (N-methyl/N-ethyl adjacent to an activating group) is 1. The van der Waals surface area contributed by atoms with Crippen LogP contribution in [0.15, 0.2) is 24.3 Å². The van der Waals surface area contributed by atoms with Crippen molar-refractivity contribution in [1.29, 1.82) is 0 Å². The highest BCUT2D eigenvalue weighted by atomic mass is 31.2. The zero-order valence-corrected chi connectivity index (χ0v) is 37.1. The molecule has 3 unspecified atom stereocenters. The summed E-state index contributed by atoms with van der Waals surface area (Å²) in [4.78, 5) is 23.0. The molecule has 8 nitrogen and oxygen atoms in total. The Morgan fingerprint density at radius 2 is 1.02 bits per heavy atom. The van der Waals surface area contributed by atoms with Crippen molar-refractivity contribution in [2.75, 3.05) is 40.9 Å². The number of carbonyl (C=O) groups excluding carboxylic acids is 1. The van der Waals surface area contributed by atoms with Crippen LogP contribution in [0.1, 0.15) is 206 Å². The molecule has 0 spiro atoms. The molecule has 3 N–H and O–H groups in total. The molecule has 0 saturated carbocycles.